The van der Waals surface area contributed by atoms with Crippen LogP contribution in [0.1, 0.15) is 28.8 Å². The van der Waals surface area contributed by atoms with E-state index in [9.17, 15) is 14.0 Å². The van der Waals surface area contributed by atoms with Gasteiger partial charge in [-0.1, -0.05) is 29.8 Å². The van der Waals surface area contributed by atoms with E-state index in [4.69, 9.17) is 11.6 Å². The summed E-state index contributed by atoms with van der Waals surface area (Å²) >= 11 is 5.88. The number of amides is 2. The molecule has 2 amide bonds. The molecule has 142 valence electrons. The summed E-state index contributed by atoms with van der Waals surface area (Å²) in [6.07, 6.45) is 1.49. The maximum Gasteiger partial charge on any atom is 0.253 e. The fourth-order valence-electron chi connectivity index (χ4n) is 3.41. The molecular weight excluding hydrogens is 367 g/mol. The van der Waals surface area contributed by atoms with E-state index >= 15 is 0 Å². The summed E-state index contributed by atoms with van der Waals surface area (Å²) in [5.41, 5.74) is 1.05. The van der Waals surface area contributed by atoms with Crippen molar-refractivity contribution in [2.45, 2.75) is 19.4 Å². The number of benzene rings is 2. The highest BCUT2D eigenvalue weighted by atomic mass is 35.5. The van der Waals surface area contributed by atoms with Crippen molar-refractivity contribution >= 4 is 23.4 Å². The zero-order valence-corrected chi connectivity index (χ0v) is 16.0. The van der Waals surface area contributed by atoms with Crippen LogP contribution >= 0.6 is 11.6 Å². The molecule has 1 aliphatic heterocycles. The van der Waals surface area contributed by atoms with Crippen LogP contribution in [0.2, 0.25) is 5.02 Å². The molecule has 27 heavy (non-hydrogen) atoms. The lowest BCUT2D eigenvalue weighted by Crippen LogP contribution is -2.45. The number of carbonyl (C=O) groups excluding carboxylic acids is 2. The van der Waals surface area contributed by atoms with Gasteiger partial charge in [-0.3, -0.25) is 9.59 Å². The van der Waals surface area contributed by atoms with Crippen LogP contribution < -0.4 is 0 Å². The topological polar surface area (TPSA) is 40.6 Å². The third-order valence-corrected chi connectivity index (χ3v) is 5.14. The third kappa shape index (κ3) is 4.66. The quantitative estimate of drug-likeness (QED) is 0.794. The number of likely N-dealkylation sites (tertiary alicyclic amines) is 1. The van der Waals surface area contributed by atoms with Crippen LogP contribution in [0.25, 0.3) is 0 Å². The number of rotatable bonds is 4. The first-order valence-electron chi connectivity index (χ1n) is 8.99. The zero-order valence-electron chi connectivity index (χ0n) is 15.2. The number of nitrogens with zero attached hydrogens (tertiary/aromatic N) is 2. The fourth-order valence-corrected chi connectivity index (χ4v) is 3.54. The fraction of sp³-hybridized carbons (Fsp3) is 0.333. The van der Waals surface area contributed by atoms with E-state index in [1.807, 2.05) is 0 Å². The van der Waals surface area contributed by atoms with E-state index in [2.05, 4.69) is 0 Å². The van der Waals surface area contributed by atoms with Gasteiger partial charge in [-0.25, -0.2) is 4.39 Å². The van der Waals surface area contributed by atoms with E-state index in [0.717, 1.165) is 12.8 Å². The van der Waals surface area contributed by atoms with Crippen molar-refractivity contribution in [3.05, 3.63) is 70.5 Å². The van der Waals surface area contributed by atoms with E-state index in [1.165, 1.54) is 6.07 Å². The molecule has 2 aromatic carbocycles. The van der Waals surface area contributed by atoms with Crippen LogP contribution in [0.4, 0.5) is 4.39 Å². The van der Waals surface area contributed by atoms with E-state index in [1.54, 1.807) is 59.3 Å². The van der Waals surface area contributed by atoms with Crippen LogP contribution in [-0.2, 0) is 11.3 Å². The van der Waals surface area contributed by atoms with Crippen LogP contribution in [0, 0.1) is 11.7 Å². The van der Waals surface area contributed by atoms with E-state index in [0.29, 0.717) is 29.2 Å². The third-order valence-electron chi connectivity index (χ3n) is 4.89. The maximum atomic E-state index is 13.8. The molecule has 0 spiro atoms. The van der Waals surface area contributed by atoms with Crippen LogP contribution in [-0.4, -0.2) is 41.8 Å². The van der Waals surface area contributed by atoms with Crippen molar-refractivity contribution < 1.29 is 14.0 Å². The molecule has 0 saturated carbocycles. The SMILES string of the molecule is CN(Cc1ccccc1F)C(=O)[C@@H]1CCCN(C(=O)c2ccc(Cl)cc2)C1. The van der Waals surface area contributed by atoms with Gasteiger partial charge in [0.1, 0.15) is 5.82 Å². The largest absolute Gasteiger partial charge is 0.341 e. The Hall–Kier alpha value is -2.40. The molecule has 0 radical (unpaired) electrons. The van der Waals surface area contributed by atoms with Crippen LogP contribution in [0.3, 0.4) is 0 Å². The zero-order chi connectivity index (χ0) is 19.4. The van der Waals surface area contributed by atoms with Crippen molar-refractivity contribution in [3.63, 3.8) is 0 Å². The summed E-state index contributed by atoms with van der Waals surface area (Å²) in [6.45, 7) is 1.22. The summed E-state index contributed by atoms with van der Waals surface area (Å²) in [5, 5.41) is 0.577. The summed E-state index contributed by atoms with van der Waals surface area (Å²) in [4.78, 5) is 28.8. The number of hydrogen-bond donors (Lipinski definition) is 0. The van der Waals surface area contributed by atoms with Gasteiger partial charge >= 0.3 is 0 Å². The Labute approximate surface area is 163 Å². The Balaban J connectivity index is 1.64. The predicted octanol–water partition coefficient (Wildman–Crippen LogP) is 3.99. The standard InChI is InChI=1S/C21H22ClFN2O2/c1-24(13-16-5-2-3-7-19(16)23)20(26)17-6-4-12-25(14-17)21(27)15-8-10-18(22)11-9-15/h2-3,5,7-11,17H,4,6,12-14H2,1H3/t17-/m1/s1. The highest BCUT2D eigenvalue weighted by molar-refractivity contribution is 6.30. The van der Waals surface area contributed by atoms with Crippen LogP contribution in [0.5, 0.6) is 0 Å². The minimum Gasteiger partial charge on any atom is -0.341 e. The second kappa shape index (κ2) is 8.53. The summed E-state index contributed by atoms with van der Waals surface area (Å²) in [7, 11) is 1.68. The average Bonchev–Trinajstić information content (AvgIpc) is 2.69. The van der Waals surface area contributed by atoms with Gasteiger partial charge in [0.05, 0.1) is 5.92 Å². The van der Waals surface area contributed by atoms with Gasteiger partial charge in [0.25, 0.3) is 5.91 Å². The van der Waals surface area contributed by atoms with Gasteiger partial charge in [-0.2, -0.15) is 0 Å². The summed E-state index contributed by atoms with van der Waals surface area (Å²) < 4.78 is 13.8. The molecule has 1 heterocycles. The van der Waals surface area contributed by atoms with Crippen LogP contribution in [0.15, 0.2) is 48.5 Å². The molecule has 2 aromatic rings. The van der Waals surface area contributed by atoms with Crippen molar-refractivity contribution in [3.8, 4) is 0 Å². The molecule has 1 saturated heterocycles. The average molecular weight is 389 g/mol. The lowest BCUT2D eigenvalue weighted by molar-refractivity contribution is -0.136. The summed E-state index contributed by atoms with van der Waals surface area (Å²) in [6, 6.07) is 13.2. The Morgan fingerprint density at radius 2 is 1.89 bits per heavy atom. The van der Waals surface area contributed by atoms with Gasteiger partial charge in [-0.05, 0) is 43.2 Å². The van der Waals surface area contributed by atoms with Crippen molar-refractivity contribution in [2.24, 2.45) is 5.92 Å². The highest BCUT2D eigenvalue weighted by Crippen LogP contribution is 2.22. The van der Waals surface area contributed by atoms with Crippen molar-refractivity contribution in [2.75, 3.05) is 20.1 Å². The van der Waals surface area contributed by atoms with Gasteiger partial charge < -0.3 is 9.80 Å². The lowest BCUT2D eigenvalue weighted by Gasteiger charge is -2.34. The first-order chi connectivity index (χ1) is 13.0. The molecular formula is C21H22ClFN2O2. The Morgan fingerprint density at radius 3 is 2.59 bits per heavy atom. The number of halogens is 2. The first-order valence-corrected chi connectivity index (χ1v) is 9.36. The monoisotopic (exact) mass is 388 g/mol. The molecule has 4 nitrogen and oxygen atoms in total. The molecule has 0 aliphatic carbocycles. The Kier molecular flexibility index (Phi) is 6.11. The van der Waals surface area contributed by atoms with Crippen molar-refractivity contribution in [1.29, 1.82) is 0 Å². The molecule has 0 bridgehead atoms. The Bertz CT molecular complexity index is 825. The molecule has 1 aliphatic rings. The molecule has 6 heteroatoms. The molecule has 0 N–H and O–H groups in total. The minimum absolute atomic E-state index is 0.0631. The second-order valence-electron chi connectivity index (χ2n) is 6.88. The summed E-state index contributed by atoms with van der Waals surface area (Å²) in [5.74, 6) is -0.750. The Morgan fingerprint density at radius 1 is 1.19 bits per heavy atom. The highest BCUT2D eigenvalue weighted by Gasteiger charge is 2.30. The molecule has 0 aromatic heterocycles. The number of piperidine rings is 1. The normalized spacial score (nSPS) is 16.9. The van der Waals surface area contributed by atoms with Crippen molar-refractivity contribution in [1.82, 2.24) is 9.80 Å². The van der Waals surface area contributed by atoms with Gasteiger partial charge in [-0.15, -0.1) is 0 Å². The predicted molar refractivity (Wildman–Crippen MR) is 103 cm³/mol. The smallest absolute Gasteiger partial charge is 0.253 e. The number of hydrogen-bond acceptors (Lipinski definition) is 2. The molecule has 1 fully saturated rings. The van der Waals surface area contributed by atoms with Gasteiger partial charge in [0.2, 0.25) is 5.91 Å². The minimum atomic E-state index is -0.319. The van der Waals surface area contributed by atoms with Gasteiger partial charge in [0, 0.05) is 42.8 Å². The second-order valence-corrected chi connectivity index (χ2v) is 7.32. The van der Waals surface area contributed by atoms with E-state index < -0.39 is 0 Å². The maximum absolute atomic E-state index is 13.8. The lowest BCUT2D eigenvalue weighted by atomic mass is 9.95. The first kappa shape index (κ1) is 19.4. The van der Waals surface area contributed by atoms with Gasteiger partial charge in [0.15, 0.2) is 0 Å². The molecule has 0 unspecified atom stereocenters. The van der Waals surface area contributed by atoms with E-state index in [-0.39, 0.29) is 30.1 Å². The molecule has 3 rings (SSSR count). The molecule has 1 atom stereocenters. The number of carbonyl (C=O) groups is 2.